The van der Waals surface area contributed by atoms with Crippen LogP contribution in [-0.2, 0) is 6.42 Å². The van der Waals surface area contributed by atoms with E-state index in [-0.39, 0.29) is 5.56 Å². The number of fused-ring (bicyclic) bond motifs is 9. The molecule has 6 aromatic carbocycles. The second kappa shape index (κ2) is 10.9. The fourth-order valence-electron chi connectivity index (χ4n) is 7.87. The van der Waals surface area contributed by atoms with Crippen molar-refractivity contribution in [3.63, 3.8) is 0 Å². The predicted octanol–water partition coefficient (Wildman–Crippen LogP) is 13.1. The van der Waals surface area contributed by atoms with E-state index in [1.54, 1.807) is 0 Å². The fourth-order valence-corrected chi connectivity index (χ4v) is 10.1. The van der Waals surface area contributed by atoms with Gasteiger partial charge in [0.1, 0.15) is 0 Å². The molecule has 0 saturated heterocycles. The lowest BCUT2D eigenvalue weighted by Gasteiger charge is -2.10. The van der Waals surface area contributed by atoms with E-state index in [9.17, 15) is 4.79 Å². The first-order valence-corrected chi connectivity index (χ1v) is 18.6. The van der Waals surface area contributed by atoms with E-state index in [0.717, 1.165) is 56.4 Å². The summed E-state index contributed by atoms with van der Waals surface area (Å²) in [4.78, 5) is 15.6. The zero-order valence-electron chi connectivity index (χ0n) is 27.2. The van der Waals surface area contributed by atoms with Crippen LogP contribution in [0.3, 0.4) is 0 Å². The Balaban J connectivity index is 1.26. The summed E-state index contributed by atoms with van der Waals surface area (Å²) in [6, 6.07) is 41.7. The smallest absolute Gasteiger partial charge is 0.263 e. The first kappa shape index (κ1) is 28.7. The molecule has 10 rings (SSSR count). The van der Waals surface area contributed by atoms with Crippen LogP contribution in [0.2, 0.25) is 0 Å². The normalized spacial score (nSPS) is 12.4. The molecule has 4 heterocycles. The lowest BCUT2D eigenvalue weighted by atomic mass is 9.95. The number of benzene rings is 6. The molecule has 0 aliphatic carbocycles. The van der Waals surface area contributed by atoms with Crippen molar-refractivity contribution in [3.8, 4) is 22.3 Å². The molecule has 49 heavy (non-hydrogen) atoms. The van der Waals surface area contributed by atoms with Gasteiger partial charge in [0.2, 0.25) is 0 Å². The summed E-state index contributed by atoms with van der Waals surface area (Å²) < 4.78 is 5.89. The highest BCUT2D eigenvalue weighted by molar-refractivity contribution is 7.25. The van der Waals surface area contributed by atoms with Gasteiger partial charge >= 0.3 is 0 Å². The van der Waals surface area contributed by atoms with E-state index >= 15 is 0 Å². The van der Waals surface area contributed by atoms with Crippen molar-refractivity contribution in [1.82, 2.24) is 4.40 Å². The summed E-state index contributed by atoms with van der Waals surface area (Å²) in [6.07, 6.45) is 6.61. The van der Waals surface area contributed by atoms with Gasteiger partial charge in [0.15, 0.2) is 0 Å². The zero-order chi connectivity index (χ0) is 32.8. The second-order valence-electron chi connectivity index (χ2n) is 13.0. The Bertz CT molecular complexity index is 3040. The minimum absolute atomic E-state index is 0.0360. The highest BCUT2D eigenvalue weighted by Crippen LogP contribution is 2.42. The Morgan fingerprint density at radius 3 is 1.92 bits per heavy atom. The van der Waals surface area contributed by atoms with Crippen molar-refractivity contribution < 1.29 is 0 Å². The molecule has 0 unspecified atom stereocenters. The molecule has 0 fully saturated rings. The number of allylic oxidation sites excluding steroid dienone is 1. The molecule has 4 heteroatoms. The van der Waals surface area contributed by atoms with Gasteiger partial charge in [-0.1, -0.05) is 80.6 Å². The molecule has 0 atom stereocenters. The average molecular weight is 666 g/mol. The maximum Gasteiger partial charge on any atom is 0.263 e. The summed E-state index contributed by atoms with van der Waals surface area (Å²) >= 11 is 3.75. The molecule has 0 aliphatic heterocycles. The lowest BCUT2D eigenvalue weighted by Crippen LogP contribution is -2.12. The van der Waals surface area contributed by atoms with Crippen molar-refractivity contribution >= 4 is 97.0 Å². The van der Waals surface area contributed by atoms with Gasteiger partial charge in [-0.25, -0.2) is 0 Å². The van der Waals surface area contributed by atoms with Crippen molar-refractivity contribution in [3.05, 3.63) is 142 Å². The molecular formula is C45H31NOS2. The Labute approximate surface area is 291 Å². The molecule has 0 radical (unpaired) electrons. The van der Waals surface area contributed by atoms with Crippen molar-refractivity contribution in [2.24, 2.45) is 0 Å². The standard InChI is InChI=1S/C45H31NOS2/c1-3-5-10-31-35-23-28(17-20-42(35)48-40(31)4-2)29-24-37-30-11-6-7-13-33(30)45(47)46-39-18-15-26(21-34(39)38(25-29)44(37)46)27-16-19-43-36(22-27)32-12-8-9-14-41(32)49-43/h5-25H,3-4H2,1-2H3/b10-5-. The number of aryl methyl sites for hydroxylation is 1. The summed E-state index contributed by atoms with van der Waals surface area (Å²) in [7, 11) is 0. The Morgan fingerprint density at radius 2 is 1.14 bits per heavy atom. The van der Waals surface area contributed by atoms with Gasteiger partial charge in [-0.15, -0.1) is 22.7 Å². The molecule has 0 saturated carbocycles. The van der Waals surface area contributed by atoms with Crippen LogP contribution in [0.25, 0.3) is 96.6 Å². The minimum Gasteiger partial charge on any atom is -0.275 e. The third kappa shape index (κ3) is 4.21. The number of hydrogen-bond donors (Lipinski definition) is 0. The van der Waals surface area contributed by atoms with Crippen molar-refractivity contribution in [2.75, 3.05) is 0 Å². The van der Waals surface area contributed by atoms with E-state index in [1.807, 2.05) is 45.3 Å². The molecule has 0 aliphatic rings. The molecule has 0 N–H and O–H groups in total. The molecule has 0 amide bonds. The third-order valence-corrected chi connectivity index (χ3v) is 12.7. The topological polar surface area (TPSA) is 21.5 Å². The highest BCUT2D eigenvalue weighted by Gasteiger charge is 2.20. The Kier molecular flexibility index (Phi) is 6.36. The lowest BCUT2D eigenvalue weighted by molar-refractivity contribution is 1.18. The summed E-state index contributed by atoms with van der Waals surface area (Å²) in [5.74, 6) is 0. The molecule has 4 aromatic heterocycles. The Hall–Kier alpha value is -5.29. The van der Waals surface area contributed by atoms with Crippen LogP contribution in [-0.4, -0.2) is 4.40 Å². The van der Waals surface area contributed by atoms with Crippen molar-refractivity contribution in [2.45, 2.75) is 26.7 Å². The van der Waals surface area contributed by atoms with E-state index in [2.05, 4.69) is 123 Å². The van der Waals surface area contributed by atoms with Crippen LogP contribution in [0.15, 0.2) is 126 Å². The van der Waals surface area contributed by atoms with Gasteiger partial charge in [0.05, 0.1) is 11.0 Å². The van der Waals surface area contributed by atoms with Crippen LogP contribution in [0.5, 0.6) is 0 Å². The van der Waals surface area contributed by atoms with Gasteiger partial charge < -0.3 is 0 Å². The van der Waals surface area contributed by atoms with Gasteiger partial charge in [-0.3, -0.25) is 9.20 Å². The molecule has 0 bridgehead atoms. The largest absolute Gasteiger partial charge is 0.275 e. The molecule has 234 valence electrons. The third-order valence-electron chi connectivity index (χ3n) is 10.2. The summed E-state index contributed by atoms with van der Waals surface area (Å²) in [6.45, 7) is 4.44. The number of aromatic nitrogens is 1. The Morgan fingerprint density at radius 1 is 0.551 bits per heavy atom. The quantitative estimate of drug-likeness (QED) is 0.168. The second-order valence-corrected chi connectivity index (χ2v) is 15.2. The molecule has 10 aromatic rings. The maximum absolute atomic E-state index is 14.2. The van der Waals surface area contributed by atoms with E-state index < -0.39 is 0 Å². The van der Waals surface area contributed by atoms with Crippen LogP contribution in [0, 0.1) is 0 Å². The summed E-state index contributed by atoms with van der Waals surface area (Å²) in [5.41, 5.74) is 8.02. The number of thiophene rings is 2. The van der Waals surface area contributed by atoms with Crippen LogP contribution in [0.4, 0.5) is 0 Å². The monoisotopic (exact) mass is 665 g/mol. The van der Waals surface area contributed by atoms with Crippen LogP contribution < -0.4 is 5.56 Å². The highest BCUT2D eigenvalue weighted by atomic mass is 32.1. The first-order chi connectivity index (χ1) is 24.1. The van der Waals surface area contributed by atoms with Gasteiger partial charge in [-0.05, 0) is 107 Å². The van der Waals surface area contributed by atoms with Crippen molar-refractivity contribution in [1.29, 1.82) is 0 Å². The average Bonchev–Trinajstić information content (AvgIpc) is 3.81. The zero-order valence-corrected chi connectivity index (χ0v) is 28.8. The minimum atomic E-state index is 0.0360. The summed E-state index contributed by atoms with van der Waals surface area (Å²) in [5, 5.41) is 8.97. The SMILES string of the molecule is CC/C=C\c1c(CC)sc2ccc(-c3cc4c5ccccc5c(=O)n5c6ccc(-c7ccc8sc9ccccc9c8c7)cc6c(c3)c45)cc12. The van der Waals surface area contributed by atoms with E-state index in [4.69, 9.17) is 0 Å². The molecule has 2 nitrogen and oxygen atoms in total. The first-order valence-electron chi connectivity index (χ1n) is 17.0. The number of rotatable bonds is 5. The molecular weight excluding hydrogens is 635 g/mol. The van der Waals surface area contributed by atoms with E-state index in [0.29, 0.717) is 0 Å². The van der Waals surface area contributed by atoms with Crippen LogP contribution >= 0.6 is 22.7 Å². The molecule has 0 spiro atoms. The van der Waals surface area contributed by atoms with Crippen LogP contribution in [0.1, 0.15) is 30.7 Å². The number of hydrogen-bond acceptors (Lipinski definition) is 3. The van der Waals surface area contributed by atoms with Gasteiger partial charge in [-0.2, -0.15) is 0 Å². The van der Waals surface area contributed by atoms with Gasteiger partial charge in [0.25, 0.3) is 5.56 Å². The number of nitrogens with zero attached hydrogens (tertiary/aromatic N) is 1. The number of pyridine rings is 1. The fraction of sp³-hybridized carbons (Fsp3) is 0.0889. The van der Waals surface area contributed by atoms with Gasteiger partial charge in [0, 0.05) is 56.7 Å². The maximum atomic E-state index is 14.2. The van der Waals surface area contributed by atoms with E-state index in [1.165, 1.54) is 57.4 Å². The predicted molar refractivity (Wildman–Crippen MR) is 215 cm³/mol.